The Morgan fingerprint density at radius 3 is 2.30 bits per heavy atom. The third-order valence-corrected chi connectivity index (χ3v) is 8.42. The zero-order valence-corrected chi connectivity index (χ0v) is 23.2. The van der Waals surface area contributed by atoms with Gasteiger partial charge < -0.3 is 11.1 Å². The Balaban J connectivity index is 1.65. The van der Waals surface area contributed by atoms with E-state index in [2.05, 4.69) is 16.6 Å². The molecule has 0 aliphatic heterocycles. The average molecular weight is 577 g/mol. The number of benzene rings is 3. The SMILES string of the molecule is C=CC(c1cc(-c2ccccc2)ccc1NS(C)(=O)=O)S(=O)(=O)n1ccc(/C=C/C(=O)Nc2ccccc2N)c1. The van der Waals surface area contributed by atoms with Gasteiger partial charge in [0.1, 0.15) is 5.25 Å². The van der Waals surface area contributed by atoms with Crippen molar-refractivity contribution < 1.29 is 21.6 Å². The molecule has 40 heavy (non-hydrogen) atoms. The van der Waals surface area contributed by atoms with Crippen molar-refractivity contribution in [2.45, 2.75) is 5.25 Å². The van der Waals surface area contributed by atoms with Crippen molar-refractivity contribution >= 4 is 49.1 Å². The number of para-hydroxylation sites is 2. The molecule has 0 aliphatic carbocycles. The lowest BCUT2D eigenvalue weighted by atomic mass is 10.0. The van der Waals surface area contributed by atoms with Crippen LogP contribution in [0, 0.1) is 0 Å². The van der Waals surface area contributed by atoms with Crippen LogP contribution in [-0.4, -0.2) is 33.0 Å². The summed E-state index contributed by atoms with van der Waals surface area (Å²) in [6, 6.07) is 22.5. The highest BCUT2D eigenvalue weighted by Gasteiger charge is 2.29. The topological polar surface area (TPSA) is 140 Å². The number of hydrogen-bond donors (Lipinski definition) is 3. The van der Waals surface area contributed by atoms with Crippen LogP contribution in [0.2, 0.25) is 0 Å². The van der Waals surface area contributed by atoms with E-state index in [9.17, 15) is 21.6 Å². The maximum atomic E-state index is 13.8. The maximum absolute atomic E-state index is 13.8. The summed E-state index contributed by atoms with van der Waals surface area (Å²) < 4.78 is 55.1. The van der Waals surface area contributed by atoms with Crippen molar-refractivity contribution in [1.82, 2.24) is 3.97 Å². The summed E-state index contributed by atoms with van der Waals surface area (Å²) in [5.74, 6) is -0.438. The molecule has 1 atom stereocenters. The fourth-order valence-electron chi connectivity index (χ4n) is 4.05. The van der Waals surface area contributed by atoms with Gasteiger partial charge in [-0.3, -0.25) is 13.5 Å². The number of amides is 1. The first-order valence-corrected chi connectivity index (χ1v) is 15.4. The standard InChI is InChI=1S/C29H28N4O5S2/c1-3-28(24-19-23(22-9-5-4-6-10-22)14-15-26(24)32-39(2,35)36)40(37,38)33-18-17-21(20-33)13-16-29(34)31-27-12-8-7-11-25(27)30/h3-20,28,32H,1,30H2,2H3,(H,31,34)/b16-13+. The van der Waals surface area contributed by atoms with Gasteiger partial charge in [-0.2, -0.15) is 0 Å². The number of nitrogens with zero attached hydrogens (tertiary/aromatic N) is 1. The molecule has 4 rings (SSSR count). The lowest BCUT2D eigenvalue weighted by Gasteiger charge is -2.20. The Hall–Kier alpha value is -4.61. The van der Waals surface area contributed by atoms with Crippen molar-refractivity contribution in [2.24, 2.45) is 0 Å². The molecule has 0 fully saturated rings. The van der Waals surface area contributed by atoms with Crippen LogP contribution in [-0.2, 0) is 24.8 Å². The van der Waals surface area contributed by atoms with Gasteiger partial charge in [-0.15, -0.1) is 6.58 Å². The molecule has 206 valence electrons. The van der Waals surface area contributed by atoms with E-state index in [1.165, 1.54) is 42.8 Å². The van der Waals surface area contributed by atoms with E-state index >= 15 is 0 Å². The molecule has 0 radical (unpaired) electrons. The summed E-state index contributed by atoms with van der Waals surface area (Å²) in [4.78, 5) is 12.3. The molecule has 9 nitrogen and oxygen atoms in total. The van der Waals surface area contributed by atoms with Crippen LogP contribution < -0.4 is 15.8 Å². The van der Waals surface area contributed by atoms with Gasteiger partial charge in [0, 0.05) is 24.0 Å². The normalized spacial score (nSPS) is 12.6. The number of nitrogens with one attached hydrogen (secondary N) is 2. The summed E-state index contributed by atoms with van der Waals surface area (Å²) in [5.41, 5.74) is 9.06. The molecule has 3 aromatic carbocycles. The molecule has 0 bridgehead atoms. The quantitative estimate of drug-likeness (QED) is 0.140. The van der Waals surface area contributed by atoms with Gasteiger partial charge in [0.25, 0.3) is 0 Å². The molecule has 1 aromatic heterocycles. The van der Waals surface area contributed by atoms with Gasteiger partial charge in [0.15, 0.2) is 0 Å². The third-order valence-electron chi connectivity index (χ3n) is 5.93. The van der Waals surface area contributed by atoms with Gasteiger partial charge >= 0.3 is 0 Å². The van der Waals surface area contributed by atoms with Gasteiger partial charge in [0.05, 0.1) is 23.3 Å². The second-order valence-corrected chi connectivity index (χ2v) is 12.6. The van der Waals surface area contributed by atoms with Gasteiger partial charge in [0.2, 0.25) is 26.0 Å². The Morgan fingerprint density at radius 2 is 1.62 bits per heavy atom. The smallest absolute Gasteiger partial charge is 0.249 e. The van der Waals surface area contributed by atoms with Crippen LogP contribution in [0.4, 0.5) is 17.1 Å². The van der Waals surface area contributed by atoms with E-state index in [0.717, 1.165) is 15.8 Å². The fraction of sp³-hybridized carbons (Fsp3) is 0.0690. The number of rotatable bonds is 10. The highest BCUT2D eigenvalue weighted by atomic mass is 32.2. The van der Waals surface area contributed by atoms with Crippen molar-refractivity contribution in [1.29, 1.82) is 0 Å². The molecule has 1 unspecified atom stereocenters. The van der Waals surface area contributed by atoms with E-state index < -0.39 is 31.2 Å². The first kappa shape index (κ1) is 28.4. The Morgan fingerprint density at radius 1 is 0.925 bits per heavy atom. The monoisotopic (exact) mass is 576 g/mol. The summed E-state index contributed by atoms with van der Waals surface area (Å²) in [6.45, 7) is 3.74. The summed E-state index contributed by atoms with van der Waals surface area (Å²) >= 11 is 0. The first-order chi connectivity index (χ1) is 19.0. The number of aromatic nitrogens is 1. The maximum Gasteiger partial charge on any atom is 0.249 e. The molecule has 0 spiro atoms. The molecule has 1 heterocycles. The lowest BCUT2D eigenvalue weighted by molar-refractivity contribution is -0.111. The predicted molar refractivity (Wildman–Crippen MR) is 161 cm³/mol. The van der Waals surface area contributed by atoms with E-state index in [4.69, 9.17) is 5.73 Å². The first-order valence-electron chi connectivity index (χ1n) is 12.0. The summed E-state index contributed by atoms with van der Waals surface area (Å²) in [5, 5.41) is 1.37. The number of anilines is 3. The molecular formula is C29H28N4O5S2. The number of carbonyl (C=O) groups excluding carboxylic acids is 1. The van der Waals surface area contributed by atoms with Crippen LogP contribution in [0.25, 0.3) is 17.2 Å². The number of sulfonamides is 1. The average Bonchev–Trinajstić information content (AvgIpc) is 3.40. The Kier molecular flexibility index (Phi) is 8.26. The second-order valence-electron chi connectivity index (χ2n) is 8.93. The molecule has 4 aromatic rings. The van der Waals surface area contributed by atoms with E-state index in [0.29, 0.717) is 22.5 Å². The highest BCUT2D eigenvalue weighted by molar-refractivity contribution is 7.92. The minimum Gasteiger partial charge on any atom is -0.397 e. The molecule has 0 aliphatic rings. The third kappa shape index (κ3) is 6.68. The van der Waals surface area contributed by atoms with Crippen molar-refractivity contribution in [2.75, 3.05) is 22.0 Å². The van der Waals surface area contributed by atoms with Crippen molar-refractivity contribution in [3.8, 4) is 11.1 Å². The van der Waals surface area contributed by atoms with Gasteiger partial charge in [-0.25, -0.2) is 16.8 Å². The van der Waals surface area contributed by atoms with Crippen LogP contribution in [0.1, 0.15) is 16.4 Å². The van der Waals surface area contributed by atoms with E-state index in [-0.39, 0.29) is 11.3 Å². The van der Waals surface area contributed by atoms with Crippen LogP contribution in [0.15, 0.2) is 110 Å². The zero-order valence-electron chi connectivity index (χ0n) is 21.6. The van der Waals surface area contributed by atoms with Crippen molar-refractivity contribution in [3.05, 3.63) is 121 Å². The molecular weight excluding hydrogens is 548 g/mol. The summed E-state index contributed by atoms with van der Waals surface area (Å²) in [6.07, 6.45) is 7.68. The Bertz CT molecular complexity index is 1790. The molecule has 11 heteroatoms. The predicted octanol–water partition coefficient (Wildman–Crippen LogP) is 4.87. The van der Waals surface area contributed by atoms with Crippen LogP contribution >= 0.6 is 0 Å². The highest BCUT2D eigenvalue weighted by Crippen LogP contribution is 2.35. The van der Waals surface area contributed by atoms with Gasteiger partial charge in [-0.05, 0) is 53.1 Å². The molecule has 0 saturated carbocycles. The largest absolute Gasteiger partial charge is 0.397 e. The molecule has 0 saturated heterocycles. The second kappa shape index (κ2) is 11.6. The molecule has 4 N–H and O–H groups in total. The number of hydrogen-bond acceptors (Lipinski definition) is 6. The summed E-state index contributed by atoms with van der Waals surface area (Å²) in [7, 11) is -7.85. The lowest BCUT2D eigenvalue weighted by Crippen LogP contribution is -2.21. The number of nitrogen functional groups attached to an aromatic ring is 1. The number of carbonyl (C=O) groups is 1. The van der Waals surface area contributed by atoms with E-state index in [1.54, 1.807) is 36.4 Å². The number of nitrogens with two attached hydrogens (primary N) is 1. The zero-order chi connectivity index (χ0) is 28.9. The van der Waals surface area contributed by atoms with Crippen molar-refractivity contribution in [3.63, 3.8) is 0 Å². The van der Waals surface area contributed by atoms with Crippen LogP contribution in [0.3, 0.4) is 0 Å². The minimum atomic E-state index is -4.14. The van der Waals surface area contributed by atoms with E-state index in [1.807, 2.05) is 30.3 Å². The fourth-order valence-corrected chi connectivity index (χ4v) is 6.15. The Labute approximate surface area is 233 Å². The minimum absolute atomic E-state index is 0.125. The van der Waals surface area contributed by atoms with Crippen LogP contribution in [0.5, 0.6) is 0 Å². The van der Waals surface area contributed by atoms with Gasteiger partial charge in [-0.1, -0.05) is 54.6 Å². The molecule has 1 amide bonds.